The summed E-state index contributed by atoms with van der Waals surface area (Å²) in [5.41, 5.74) is 1.12. The van der Waals surface area contributed by atoms with Gasteiger partial charge >= 0.3 is 5.97 Å². The van der Waals surface area contributed by atoms with Crippen molar-refractivity contribution < 1.29 is 14.7 Å². The van der Waals surface area contributed by atoms with Gasteiger partial charge in [-0.25, -0.2) is 4.79 Å². The van der Waals surface area contributed by atoms with E-state index in [1.165, 1.54) is 18.3 Å². The number of nitrogens with one attached hydrogen (secondary N) is 2. The number of rotatable bonds is 3. The molecule has 1 amide bonds. The Morgan fingerprint density at radius 3 is 2.90 bits per heavy atom. The number of anilines is 1. The summed E-state index contributed by atoms with van der Waals surface area (Å²) in [5.74, 6) is -1.77. The molecule has 104 valence electrons. The van der Waals surface area contributed by atoms with E-state index in [0.29, 0.717) is 5.69 Å². The molecular formula is C14H10N4O3. The molecule has 0 aliphatic rings. The van der Waals surface area contributed by atoms with Crippen molar-refractivity contribution in [3.8, 4) is 0 Å². The Morgan fingerprint density at radius 2 is 2.10 bits per heavy atom. The zero-order valence-corrected chi connectivity index (χ0v) is 10.7. The number of nitrogens with zero attached hydrogens (tertiary/aromatic N) is 2. The molecular weight excluding hydrogens is 272 g/mol. The molecule has 3 rings (SSSR count). The van der Waals surface area contributed by atoms with Gasteiger partial charge < -0.3 is 10.4 Å². The van der Waals surface area contributed by atoms with Crippen LogP contribution in [0.25, 0.3) is 10.9 Å². The second-order valence-corrected chi connectivity index (χ2v) is 4.33. The molecule has 0 fully saturated rings. The molecule has 0 atom stereocenters. The fourth-order valence-electron chi connectivity index (χ4n) is 1.97. The van der Waals surface area contributed by atoms with Crippen LogP contribution >= 0.6 is 0 Å². The maximum Gasteiger partial charge on any atom is 0.338 e. The molecule has 7 nitrogen and oxygen atoms in total. The SMILES string of the molecule is O=C(O)c1cccnc1C(=O)Nc1ccc2[nH]ncc2c1. The van der Waals surface area contributed by atoms with Crippen LogP contribution in [0.5, 0.6) is 0 Å². The fraction of sp³-hybridized carbons (Fsp3) is 0. The van der Waals surface area contributed by atoms with Gasteiger partial charge in [0.05, 0.1) is 17.3 Å². The highest BCUT2D eigenvalue weighted by molar-refractivity contribution is 6.09. The van der Waals surface area contributed by atoms with Gasteiger partial charge in [-0.05, 0) is 30.3 Å². The maximum atomic E-state index is 12.2. The third kappa shape index (κ3) is 2.44. The summed E-state index contributed by atoms with van der Waals surface area (Å²) in [4.78, 5) is 27.1. The number of fused-ring (bicyclic) bond motifs is 1. The first-order valence-corrected chi connectivity index (χ1v) is 6.08. The average molecular weight is 282 g/mol. The number of hydrogen-bond donors (Lipinski definition) is 3. The number of aromatic nitrogens is 3. The van der Waals surface area contributed by atoms with Crippen LogP contribution in [0.15, 0.2) is 42.7 Å². The highest BCUT2D eigenvalue weighted by atomic mass is 16.4. The Balaban J connectivity index is 1.91. The van der Waals surface area contributed by atoms with Gasteiger partial charge in [-0.3, -0.25) is 14.9 Å². The third-order valence-electron chi connectivity index (χ3n) is 2.95. The molecule has 0 unspecified atom stereocenters. The third-order valence-corrected chi connectivity index (χ3v) is 2.95. The zero-order valence-electron chi connectivity index (χ0n) is 10.7. The summed E-state index contributed by atoms with van der Waals surface area (Å²) in [6.07, 6.45) is 3.01. The van der Waals surface area contributed by atoms with Crippen LogP contribution in [-0.2, 0) is 0 Å². The number of aromatic amines is 1. The minimum atomic E-state index is -1.20. The number of carbonyl (C=O) groups excluding carboxylic acids is 1. The topological polar surface area (TPSA) is 108 Å². The first-order valence-electron chi connectivity index (χ1n) is 6.08. The summed E-state index contributed by atoms with van der Waals surface area (Å²) in [7, 11) is 0. The van der Waals surface area contributed by atoms with Crippen molar-refractivity contribution in [2.75, 3.05) is 5.32 Å². The van der Waals surface area contributed by atoms with Gasteiger partial charge in [0.25, 0.3) is 5.91 Å². The van der Waals surface area contributed by atoms with E-state index in [0.717, 1.165) is 10.9 Å². The lowest BCUT2D eigenvalue weighted by Crippen LogP contribution is -2.18. The summed E-state index contributed by atoms with van der Waals surface area (Å²) in [5, 5.41) is 19.2. The van der Waals surface area contributed by atoms with Gasteiger partial charge in [-0.1, -0.05) is 0 Å². The highest BCUT2D eigenvalue weighted by Gasteiger charge is 2.17. The van der Waals surface area contributed by atoms with Crippen LogP contribution in [0.3, 0.4) is 0 Å². The molecule has 21 heavy (non-hydrogen) atoms. The zero-order chi connectivity index (χ0) is 14.8. The van der Waals surface area contributed by atoms with Gasteiger partial charge in [0.2, 0.25) is 0 Å². The van der Waals surface area contributed by atoms with E-state index in [9.17, 15) is 9.59 Å². The van der Waals surface area contributed by atoms with Crippen molar-refractivity contribution in [2.24, 2.45) is 0 Å². The number of amides is 1. The maximum absolute atomic E-state index is 12.2. The largest absolute Gasteiger partial charge is 0.478 e. The standard InChI is InChI=1S/C14H10N4O3/c19-13(12-10(14(20)21)2-1-5-15-12)17-9-3-4-11-8(6-9)7-16-18-11/h1-7H,(H,16,18)(H,17,19)(H,20,21). The van der Waals surface area contributed by atoms with Crippen molar-refractivity contribution >= 4 is 28.5 Å². The van der Waals surface area contributed by atoms with Gasteiger partial charge in [-0.2, -0.15) is 5.10 Å². The number of aromatic carboxylic acids is 1. The minimum Gasteiger partial charge on any atom is -0.478 e. The van der Waals surface area contributed by atoms with E-state index in [-0.39, 0.29) is 11.3 Å². The lowest BCUT2D eigenvalue weighted by Gasteiger charge is -2.06. The van der Waals surface area contributed by atoms with Crippen molar-refractivity contribution in [2.45, 2.75) is 0 Å². The van der Waals surface area contributed by atoms with Crippen LogP contribution in [0.2, 0.25) is 0 Å². The molecule has 0 saturated heterocycles. The number of carboxylic acid groups (broad SMARTS) is 1. The molecule has 0 spiro atoms. The number of pyridine rings is 1. The van der Waals surface area contributed by atoms with Crippen molar-refractivity contribution in [1.29, 1.82) is 0 Å². The van der Waals surface area contributed by atoms with Crippen LogP contribution in [0.4, 0.5) is 5.69 Å². The molecule has 3 N–H and O–H groups in total. The highest BCUT2D eigenvalue weighted by Crippen LogP contribution is 2.17. The molecule has 0 aliphatic heterocycles. The monoisotopic (exact) mass is 282 g/mol. The van der Waals surface area contributed by atoms with E-state index in [4.69, 9.17) is 5.11 Å². The number of H-pyrrole nitrogens is 1. The van der Waals surface area contributed by atoms with Crippen LogP contribution < -0.4 is 5.32 Å². The molecule has 2 heterocycles. The Labute approximate surface area is 118 Å². The molecule has 2 aromatic heterocycles. The lowest BCUT2D eigenvalue weighted by atomic mass is 10.1. The second-order valence-electron chi connectivity index (χ2n) is 4.33. The minimum absolute atomic E-state index is 0.128. The van der Waals surface area contributed by atoms with E-state index in [2.05, 4.69) is 20.5 Å². The van der Waals surface area contributed by atoms with Crippen LogP contribution in [-0.4, -0.2) is 32.2 Å². The number of carbonyl (C=O) groups is 2. The lowest BCUT2D eigenvalue weighted by molar-refractivity contribution is 0.0691. The first kappa shape index (κ1) is 12.8. The van der Waals surface area contributed by atoms with Gasteiger partial charge in [0.15, 0.2) is 0 Å². The van der Waals surface area contributed by atoms with E-state index < -0.39 is 11.9 Å². The summed E-state index contributed by atoms with van der Waals surface area (Å²) < 4.78 is 0. The summed E-state index contributed by atoms with van der Waals surface area (Å²) in [6, 6.07) is 8.01. The number of hydrogen-bond acceptors (Lipinski definition) is 4. The molecule has 1 aromatic carbocycles. The normalized spacial score (nSPS) is 10.5. The van der Waals surface area contributed by atoms with Gasteiger partial charge in [-0.15, -0.1) is 0 Å². The smallest absolute Gasteiger partial charge is 0.338 e. The molecule has 0 radical (unpaired) electrons. The van der Waals surface area contributed by atoms with Crippen molar-refractivity contribution in [3.63, 3.8) is 0 Å². The van der Waals surface area contributed by atoms with E-state index in [1.54, 1.807) is 24.4 Å². The summed E-state index contributed by atoms with van der Waals surface area (Å²) >= 11 is 0. The predicted molar refractivity (Wildman–Crippen MR) is 75.2 cm³/mol. The molecule has 7 heteroatoms. The van der Waals surface area contributed by atoms with Gasteiger partial charge in [0.1, 0.15) is 5.69 Å². The molecule has 3 aromatic rings. The molecule has 0 bridgehead atoms. The molecule has 0 aliphatic carbocycles. The Morgan fingerprint density at radius 1 is 1.24 bits per heavy atom. The predicted octanol–water partition coefficient (Wildman–Crippen LogP) is 1.91. The van der Waals surface area contributed by atoms with E-state index >= 15 is 0 Å². The summed E-state index contributed by atoms with van der Waals surface area (Å²) in [6.45, 7) is 0. The average Bonchev–Trinajstić information content (AvgIpc) is 2.94. The Kier molecular flexibility index (Phi) is 3.07. The Bertz CT molecular complexity index is 841. The Hall–Kier alpha value is -3.22. The van der Waals surface area contributed by atoms with Crippen LogP contribution in [0, 0.1) is 0 Å². The number of carboxylic acids is 1. The molecule has 0 saturated carbocycles. The number of benzene rings is 1. The van der Waals surface area contributed by atoms with Crippen molar-refractivity contribution in [3.05, 3.63) is 54.0 Å². The second kappa shape index (κ2) is 5.04. The van der Waals surface area contributed by atoms with Crippen LogP contribution in [0.1, 0.15) is 20.8 Å². The van der Waals surface area contributed by atoms with Gasteiger partial charge in [0, 0.05) is 17.3 Å². The fourth-order valence-corrected chi connectivity index (χ4v) is 1.97. The van der Waals surface area contributed by atoms with Crippen molar-refractivity contribution in [1.82, 2.24) is 15.2 Å². The quantitative estimate of drug-likeness (QED) is 0.680. The van der Waals surface area contributed by atoms with E-state index in [1.807, 2.05) is 0 Å². The first-order chi connectivity index (χ1) is 10.1.